The van der Waals surface area contributed by atoms with Gasteiger partial charge < -0.3 is 10.6 Å². The number of nitrogens with zero attached hydrogens (tertiary/aromatic N) is 1. The van der Waals surface area contributed by atoms with E-state index in [1.54, 1.807) is 6.20 Å². The molecule has 1 atom stereocenters. The molecule has 0 fully saturated rings. The first-order chi connectivity index (χ1) is 13.2. The molecule has 4 nitrogen and oxygen atoms in total. The molecule has 0 radical (unpaired) electrons. The number of benzene rings is 2. The molecule has 0 bridgehead atoms. The van der Waals surface area contributed by atoms with Crippen LogP contribution in [-0.2, 0) is 5.41 Å². The van der Waals surface area contributed by atoms with Crippen molar-refractivity contribution < 1.29 is 4.79 Å². The molecule has 0 aliphatic heterocycles. The number of hydrogen-bond donors (Lipinski definition) is 2. The van der Waals surface area contributed by atoms with Crippen LogP contribution in [0.2, 0.25) is 0 Å². The molecule has 0 aliphatic rings. The van der Waals surface area contributed by atoms with Gasteiger partial charge in [0.25, 0.3) is 5.91 Å². The predicted octanol–water partition coefficient (Wildman–Crippen LogP) is 5.37. The molecule has 2 aromatic carbocycles. The van der Waals surface area contributed by atoms with Crippen LogP contribution in [0.25, 0.3) is 10.8 Å². The van der Waals surface area contributed by atoms with Crippen molar-refractivity contribution in [3.8, 4) is 0 Å². The number of hydrogen-bond acceptors (Lipinski definition) is 3. The number of aryl methyl sites for hydroxylation is 1. The van der Waals surface area contributed by atoms with Gasteiger partial charge in [-0.15, -0.1) is 0 Å². The van der Waals surface area contributed by atoms with Crippen LogP contribution in [0.4, 0.5) is 5.69 Å². The van der Waals surface area contributed by atoms with Gasteiger partial charge in [0, 0.05) is 12.6 Å². The summed E-state index contributed by atoms with van der Waals surface area (Å²) in [6.07, 6.45) is 1.80. The largest absolute Gasteiger partial charge is 0.387 e. The van der Waals surface area contributed by atoms with E-state index in [9.17, 15) is 4.79 Å². The molecule has 0 saturated carbocycles. The Balaban J connectivity index is 1.80. The highest BCUT2D eigenvalue weighted by Crippen LogP contribution is 2.27. The Labute approximate surface area is 167 Å². The summed E-state index contributed by atoms with van der Waals surface area (Å²) in [4.78, 5) is 17.2. The molecule has 2 N–H and O–H groups in total. The summed E-state index contributed by atoms with van der Waals surface area (Å²) in [5, 5.41) is 8.38. The van der Waals surface area contributed by atoms with E-state index in [4.69, 9.17) is 0 Å². The molecular weight excluding hydrogens is 346 g/mol. The quantitative estimate of drug-likeness (QED) is 0.644. The fourth-order valence-electron chi connectivity index (χ4n) is 3.28. The van der Waals surface area contributed by atoms with Crippen LogP contribution >= 0.6 is 0 Å². The summed E-state index contributed by atoms with van der Waals surface area (Å²) >= 11 is 0. The molecule has 0 spiro atoms. The fourth-order valence-corrected chi connectivity index (χ4v) is 3.28. The van der Waals surface area contributed by atoms with E-state index in [1.165, 1.54) is 5.56 Å². The summed E-state index contributed by atoms with van der Waals surface area (Å²) in [6.45, 7) is 10.6. The molecule has 1 aromatic heterocycles. The fraction of sp³-hybridized carbons (Fsp3) is 0.333. The predicted molar refractivity (Wildman–Crippen MR) is 117 cm³/mol. The lowest BCUT2D eigenvalue weighted by atomic mass is 9.86. The van der Waals surface area contributed by atoms with Crippen molar-refractivity contribution in [2.24, 2.45) is 0 Å². The van der Waals surface area contributed by atoms with E-state index in [2.05, 4.69) is 54.6 Å². The minimum atomic E-state index is -0.170. The summed E-state index contributed by atoms with van der Waals surface area (Å²) in [5.74, 6) is -0.0913. The number of anilines is 1. The van der Waals surface area contributed by atoms with E-state index >= 15 is 0 Å². The van der Waals surface area contributed by atoms with Gasteiger partial charge in [-0.25, -0.2) is 0 Å². The zero-order chi connectivity index (χ0) is 20.5. The molecule has 0 saturated heterocycles. The van der Waals surface area contributed by atoms with Crippen molar-refractivity contribution >= 4 is 22.4 Å². The Hall–Kier alpha value is -2.88. The van der Waals surface area contributed by atoms with Crippen LogP contribution in [0.3, 0.4) is 0 Å². The number of amides is 1. The summed E-state index contributed by atoms with van der Waals surface area (Å²) in [5.41, 5.74) is 5.00. The number of rotatable bonds is 4. The molecule has 3 aromatic rings. The van der Waals surface area contributed by atoms with Crippen molar-refractivity contribution in [2.75, 3.05) is 12.4 Å². The van der Waals surface area contributed by atoms with Crippen molar-refractivity contribution in [1.82, 2.24) is 10.3 Å². The molecule has 1 heterocycles. The molecule has 28 heavy (non-hydrogen) atoms. The highest BCUT2D eigenvalue weighted by Gasteiger charge is 2.16. The first-order valence-corrected chi connectivity index (χ1v) is 9.68. The van der Waals surface area contributed by atoms with Crippen LogP contribution in [0.5, 0.6) is 0 Å². The zero-order valence-corrected chi connectivity index (χ0v) is 17.6. The Morgan fingerprint density at radius 2 is 1.71 bits per heavy atom. The van der Waals surface area contributed by atoms with Crippen LogP contribution < -0.4 is 10.6 Å². The number of nitrogens with one attached hydrogen (secondary N) is 2. The first-order valence-electron chi connectivity index (χ1n) is 9.68. The van der Waals surface area contributed by atoms with Gasteiger partial charge in [-0.1, -0.05) is 45.0 Å². The molecule has 1 amide bonds. The lowest BCUT2D eigenvalue weighted by Gasteiger charge is -2.19. The SMILES string of the molecule is CNc1cnc([C@@H](C)NC(=O)c2ccc3cc(C(C)(C)C)ccc3c2)cc1C. The summed E-state index contributed by atoms with van der Waals surface area (Å²) in [6, 6.07) is 14.1. The number of fused-ring (bicyclic) bond motifs is 1. The van der Waals surface area contributed by atoms with Crippen molar-refractivity contribution in [1.29, 1.82) is 0 Å². The van der Waals surface area contributed by atoms with Gasteiger partial charge in [0.05, 0.1) is 23.6 Å². The van der Waals surface area contributed by atoms with E-state index in [-0.39, 0.29) is 17.4 Å². The topological polar surface area (TPSA) is 54.0 Å². The highest BCUT2D eigenvalue weighted by molar-refractivity contribution is 5.98. The average molecular weight is 376 g/mol. The van der Waals surface area contributed by atoms with Gasteiger partial charge in [-0.05, 0) is 59.4 Å². The van der Waals surface area contributed by atoms with Gasteiger partial charge >= 0.3 is 0 Å². The van der Waals surface area contributed by atoms with Gasteiger partial charge in [0.2, 0.25) is 0 Å². The summed E-state index contributed by atoms with van der Waals surface area (Å²) < 4.78 is 0. The maximum absolute atomic E-state index is 12.8. The van der Waals surface area contributed by atoms with E-state index in [0.717, 1.165) is 27.7 Å². The van der Waals surface area contributed by atoms with Crippen LogP contribution in [-0.4, -0.2) is 17.9 Å². The van der Waals surface area contributed by atoms with E-state index < -0.39 is 0 Å². The van der Waals surface area contributed by atoms with E-state index in [1.807, 2.05) is 45.2 Å². The minimum Gasteiger partial charge on any atom is -0.387 e. The average Bonchev–Trinajstić information content (AvgIpc) is 2.66. The second kappa shape index (κ2) is 7.63. The maximum Gasteiger partial charge on any atom is 0.251 e. The van der Waals surface area contributed by atoms with Crippen molar-refractivity contribution in [3.63, 3.8) is 0 Å². The smallest absolute Gasteiger partial charge is 0.251 e. The van der Waals surface area contributed by atoms with Crippen molar-refractivity contribution in [2.45, 2.75) is 46.1 Å². The Morgan fingerprint density at radius 1 is 1.04 bits per heavy atom. The van der Waals surface area contributed by atoms with Crippen LogP contribution in [0.15, 0.2) is 48.7 Å². The lowest BCUT2D eigenvalue weighted by molar-refractivity contribution is 0.0939. The number of aromatic nitrogens is 1. The normalized spacial score (nSPS) is 12.6. The third-order valence-corrected chi connectivity index (χ3v) is 5.16. The number of pyridine rings is 1. The third kappa shape index (κ3) is 4.16. The van der Waals surface area contributed by atoms with Gasteiger partial charge in [0.1, 0.15) is 0 Å². The lowest BCUT2D eigenvalue weighted by Crippen LogP contribution is -2.27. The second-order valence-corrected chi connectivity index (χ2v) is 8.40. The molecule has 0 unspecified atom stereocenters. The third-order valence-electron chi connectivity index (χ3n) is 5.16. The highest BCUT2D eigenvalue weighted by atomic mass is 16.1. The standard InChI is InChI=1S/C24H29N3O/c1-15-11-21(26-14-22(15)25-6)16(2)27-23(28)19-8-7-18-13-20(24(3,4)5)10-9-17(18)12-19/h7-14,16,25H,1-6H3,(H,27,28)/t16-/m1/s1. The maximum atomic E-state index is 12.8. The first kappa shape index (κ1) is 19.9. The molecule has 0 aliphatic carbocycles. The van der Waals surface area contributed by atoms with Crippen molar-refractivity contribution in [3.05, 3.63) is 71.0 Å². The minimum absolute atomic E-state index is 0.0913. The Bertz CT molecular complexity index is 1020. The van der Waals surface area contributed by atoms with Gasteiger partial charge in [-0.3, -0.25) is 9.78 Å². The second-order valence-electron chi connectivity index (χ2n) is 8.40. The number of carbonyl (C=O) groups excluding carboxylic acids is 1. The molecule has 146 valence electrons. The summed E-state index contributed by atoms with van der Waals surface area (Å²) in [7, 11) is 1.87. The van der Waals surface area contributed by atoms with Crippen LogP contribution in [0, 0.1) is 6.92 Å². The Morgan fingerprint density at radius 3 is 2.36 bits per heavy atom. The van der Waals surface area contributed by atoms with E-state index in [0.29, 0.717) is 5.56 Å². The molecule has 4 heteroatoms. The number of carbonyl (C=O) groups is 1. The molecular formula is C24H29N3O. The Kier molecular flexibility index (Phi) is 5.41. The van der Waals surface area contributed by atoms with Gasteiger partial charge in [0.15, 0.2) is 0 Å². The van der Waals surface area contributed by atoms with Gasteiger partial charge in [-0.2, -0.15) is 0 Å². The zero-order valence-electron chi connectivity index (χ0n) is 17.6. The monoisotopic (exact) mass is 375 g/mol. The van der Waals surface area contributed by atoms with Crippen LogP contribution in [0.1, 0.15) is 60.9 Å². The molecule has 3 rings (SSSR count).